The van der Waals surface area contributed by atoms with Gasteiger partial charge in [-0.2, -0.15) is 0 Å². The van der Waals surface area contributed by atoms with Crippen LogP contribution >= 0.6 is 11.6 Å². The average molecular weight is 396 g/mol. The summed E-state index contributed by atoms with van der Waals surface area (Å²) >= 11 is 6.28. The Balaban J connectivity index is 1.49. The van der Waals surface area contributed by atoms with Gasteiger partial charge in [-0.25, -0.2) is 13.8 Å². The maximum Gasteiger partial charge on any atom is 0.139 e. The van der Waals surface area contributed by atoms with Crippen LogP contribution < -0.4 is 5.32 Å². The fourth-order valence-electron chi connectivity index (χ4n) is 2.88. The fraction of sp³-hybridized carbons (Fsp3) is 0.0455. The van der Waals surface area contributed by atoms with Crippen molar-refractivity contribution in [3.63, 3.8) is 0 Å². The zero-order valence-electron chi connectivity index (χ0n) is 14.7. The first kappa shape index (κ1) is 18.2. The second-order valence-corrected chi connectivity index (χ2v) is 6.69. The topological polar surface area (TPSA) is 40.7 Å². The molecule has 0 amide bonds. The van der Waals surface area contributed by atoms with Crippen LogP contribution in [0.3, 0.4) is 0 Å². The number of halogens is 3. The summed E-state index contributed by atoms with van der Waals surface area (Å²) in [6.07, 6.45) is 0. The molecule has 0 aliphatic carbocycles. The van der Waals surface area contributed by atoms with Crippen molar-refractivity contribution >= 4 is 17.3 Å². The standard InChI is InChI=1S/C22H16ClF2N3/c23-21-20(15-4-8-17(24)9-5-15)27-22(28-21)16-6-10-19(11-7-16)26-13-14-2-1-3-18(25)12-14/h1-12,26H,13H2,(H,27,28). The van der Waals surface area contributed by atoms with Crippen molar-refractivity contribution in [3.8, 4) is 22.6 Å². The van der Waals surface area contributed by atoms with Crippen LogP contribution in [0.2, 0.25) is 5.15 Å². The lowest BCUT2D eigenvalue weighted by molar-refractivity contribution is 0.626. The predicted molar refractivity (Wildman–Crippen MR) is 108 cm³/mol. The van der Waals surface area contributed by atoms with Gasteiger partial charge in [-0.3, -0.25) is 0 Å². The van der Waals surface area contributed by atoms with Crippen molar-refractivity contribution < 1.29 is 8.78 Å². The molecular weight excluding hydrogens is 380 g/mol. The molecule has 0 unspecified atom stereocenters. The van der Waals surface area contributed by atoms with Gasteiger partial charge in [0.15, 0.2) is 0 Å². The van der Waals surface area contributed by atoms with Crippen LogP contribution in [0.1, 0.15) is 5.56 Å². The number of H-pyrrole nitrogens is 1. The van der Waals surface area contributed by atoms with Crippen LogP contribution in [0.5, 0.6) is 0 Å². The second kappa shape index (κ2) is 7.82. The van der Waals surface area contributed by atoms with Crippen LogP contribution in [-0.4, -0.2) is 9.97 Å². The monoisotopic (exact) mass is 395 g/mol. The molecule has 0 spiro atoms. The van der Waals surface area contributed by atoms with Crippen LogP contribution in [0.15, 0.2) is 72.8 Å². The maximum atomic E-state index is 13.2. The van der Waals surface area contributed by atoms with Gasteiger partial charge < -0.3 is 10.3 Å². The number of nitrogens with zero attached hydrogens (tertiary/aromatic N) is 1. The molecule has 3 nitrogen and oxygen atoms in total. The lowest BCUT2D eigenvalue weighted by atomic mass is 10.1. The van der Waals surface area contributed by atoms with E-state index in [2.05, 4.69) is 15.3 Å². The zero-order chi connectivity index (χ0) is 19.5. The zero-order valence-corrected chi connectivity index (χ0v) is 15.5. The quantitative estimate of drug-likeness (QED) is 0.417. The van der Waals surface area contributed by atoms with Gasteiger partial charge >= 0.3 is 0 Å². The molecule has 0 aliphatic heterocycles. The SMILES string of the molecule is Fc1ccc(-c2nc(-c3ccc(NCc4cccc(F)c4)cc3)[nH]c2Cl)cc1. The molecule has 1 aromatic heterocycles. The van der Waals surface area contributed by atoms with Gasteiger partial charge in [0.1, 0.15) is 28.3 Å². The van der Waals surface area contributed by atoms with Crippen LogP contribution in [0, 0.1) is 11.6 Å². The van der Waals surface area contributed by atoms with Crippen LogP contribution in [0.25, 0.3) is 22.6 Å². The van der Waals surface area contributed by atoms with Gasteiger partial charge in [-0.15, -0.1) is 0 Å². The summed E-state index contributed by atoms with van der Waals surface area (Å²) < 4.78 is 26.4. The summed E-state index contributed by atoms with van der Waals surface area (Å²) in [7, 11) is 0. The minimum absolute atomic E-state index is 0.249. The molecule has 0 aliphatic rings. The van der Waals surface area contributed by atoms with E-state index in [0.717, 1.165) is 22.4 Å². The molecule has 0 saturated heterocycles. The highest BCUT2D eigenvalue weighted by atomic mass is 35.5. The molecule has 6 heteroatoms. The third-order valence-corrected chi connectivity index (χ3v) is 4.59. The molecule has 0 saturated carbocycles. The Labute approximate surface area is 166 Å². The first-order chi connectivity index (χ1) is 13.6. The molecule has 4 aromatic rings. The number of anilines is 1. The van der Waals surface area contributed by atoms with Gasteiger partial charge in [0.05, 0.1) is 0 Å². The molecule has 28 heavy (non-hydrogen) atoms. The molecule has 2 N–H and O–H groups in total. The molecule has 3 aromatic carbocycles. The van der Waals surface area contributed by atoms with Gasteiger partial charge in [-0.1, -0.05) is 23.7 Å². The normalized spacial score (nSPS) is 10.8. The number of aromatic amines is 1. The molecular formula is C22H16ClF2N3. The Bertz CT molecular complexity index is 1090. The van der Waals surface area contributed by atoms with E-state index in [4.69, 9.17) is 11.6 Å². The number of aromatic nitrogens is 2. The highest BCUT2D eigenvalue weighted by Gasteiger charge is 2.12. The molecule has 140 valence electrons. The van der Waals surface area contributed by atoms with Crippen molar-refractivity contribution in [2.75, 3.05) is 5.32 Å². The van der Waals surface area contributed by atoms with Crippen molar-refractivity contribution in [2.45, 2.75) is 6.54 Å². The Kier molecular flexibility index (Phi) is 5.08. The summed E-state index contributed by atoms with van der Waals surface area (Å²) in [6, 6.07) is 20.2. The number of hydrogen-bond donors (Lipinski definition) is 2. The smallest absolute Gasteiger partial charge is 0.139 e. The van der Waals surface area contributed by atoms with E-state index in [1.807, 2.05) is 30.3 Å². The van der Waals surface area contributed by atoms with Crippen LogP contribution in [0.4, 0.5) is 14.5 Å². The summed E-state index contributed by atoms with van der Waals surface area (Å²) in [5.41, 5.74) is 3.95. The number of nitrogens with one attached hydrogen (secondary N) is 2. The lowest BCUT2D eigenvalue weighted by Gasteiger charge is -2.07. The molecule has 0 fully saturated rings. The molecule has 0 radical (unpaired) electrons. The van der Waals surface area contributed by atoms with Gasteiger partial charge in [0.25, 0.3) is 0 Å². The first-order valence-corrected chi connectivity index (χ1v) is 9.06. The first-order valence-electron chi connectivity index (χ1n) is 8.69. The summed E-state index contributed by atoms with van der Waals surface area (Å²) in [5.74, 6) is 0.0688. The van der Waals surface area contributed by atoms with E-state index in [1.165, 1.54) is 24.3 Å². The van der Waals surface area contributed by atoms with E-state index in [9.17, 15) is 8.78 Å². The van der Waals surface area contributed by atoms with Gasteiger partial charge in [0, 0.05) is 23.4 Å². The Morgan fingerprint density at radius 1 is 0.857 bits per heavy atom. The van der Waals surface area contributed by atoms with Crippen LogP contribution in [-0.2, 0) is 6.54 Å². The minimum Gasteiger partial charge on any atom is -0.381 e. The minimum atomic E-state index is -0.308. The Morgan fingerprint density at radius 2 is 1.57 bits per heavy atom. The summed E-state index contributed by atoms with van der Waals surface area (Å²) in [4.78, 5) is 7.60. The van der Waals surface area contributed by atoms with Gasteiger partial charge in [-0.05, 0) is 66.2 Å². The predicted octanol–water partition coefficient (Wildman–Crippen LogP) is 6.29. The maximum absolute atomic E-state index is 13.2. The van der Waals surface area contributed by atoms with E-state index < -0.39 is 0 Å². The third-order valence-electron chi connectivity index (χ3n) is 4.32. The van der Waals surface area contributed by atoms with E-state index in [1.54, 1.807) is 18.2 Å². The summed E-state index contributed by atoms with van der Waals surface area (Å²) in [6.45, 7) is 0.526. The molecule has 1 heterocycles. The Morgan fingerprint density at radius 3 is 2.29 bits per heavy atom. The molecule has 0 bridgehead atoms. The second-order valence-electron chi connectivity index (χ2n) is 6.32. The Hall–Kier alpha value is -3.18. The lowest BCUT2D eigenvalue weighted by Crippen LogP contribution is -1.99. The van der Waals surface area contributed by atoms with Crippen molar-refractivity contribution in [1.82, 2.24) is 9.97 Å². The number of benzene rings is 3. The van der Waals surface area contributed by atoms with Crippen molar-refractivity contribution in [3.05, 3.63) is 95.1 Å². The highest BCUT2D eigenvalue weighted by Crippen LogP contribution is 2.29. The molecule has 4 rings (SSSR count). The third kappa shape index (κ3) is 4.05. The largest absolute Gasteiger partial charge is 0.381 e. The number of rotatable bonds is 5. The van der Waals surface area contributed by atoms with E-state index >= 15 is 0 Å². The number of imidazole rings is 1. The van der Waals surface area contributed by atoms with E-state index in [0.29, 0.717) is 23.2 Å². The van der Waals surface area contributed by atoms with Gasteiger partial charge in [0.2, 0.25) is 0 Å². The average Bonchev–Trinajstić information content (AvgIpc) is 3.09. The number of hydrogen-bond acceptors (Lipinski definition) is 2. The van der Waals surface area contributed by atoms with Crippen molar-refractivity contribution in [1.29, 1.82) is 0 Å². The fourth-order valence-corrected chi connectivity index (χ4v) is 3.13. The molecule has 0 atom stereocenters. The highest BCUT2D eigenvalue weighted by molar-refractivity contribution is 6.32. The van der Waals surface area contributed by atoms with E-state index in [-0.39, 0.29) is 11.6 Å². The van der Waals surface area contributed by atoms with Crippen molar-refractivity contribution in [2.24, 2.45) is 0 Å². The summed E-state index contributed by atoms with van der Waals surface area (Å²) in [5, 5.41) is 3.65.